The second-order valence-corrected chi connectivity index (χ2v) is 4.99. The number of carbonyl (C=O) groups is 1. The van der Waals surface area contributed by atoms with E-state index in [0.717, 1.165) is 3.57 Å². The van der Waals surface area contributed by atoms with Gasteiger partial charge in [0.1, 0.15) is 6.61 Å². The van der Waals surface area contributed by atoms with E-state index in [1.54, 1.807) is 30.3 Å². The van der Waals surface area contributed by atoms with E-state index < -0.39 is 0 Å². The van der Waals surface area contributed by atoms with Crippen LogP contribution in [0.3, 0.4) is 0 Å². The lowest BCUT2D eigenvalue weighted by atomic mass is 10.1. The summed E-state index contributed by atoms with van der Waals surface area (Å²) in [6, 6.07) is 16.4. The van der Waals surface area contributed by atoms with E-state index >= 15 is 0 Å². The SMILES string of the molecule is N#Cc1ccccc1COC(=O)c1ccccc1I. The fraction of sp³-hybridized carbons (Fsp3) is 0.0667. The molecule has 0 unspecified atom stereocenters. The van der Waals surface area contributed by atoms with Gasteiger partial charge in [0.05, 0.1) is 17.2 Å². The van der Waals surface area contributed by atoms with E-state index in [2.05, 4.69) is 28.7 Å². The Balaban J connectivity index is 2.10. The molecule has 4 heteroatoms. The minimum absolute atomic E-state index is 0.105. The number of hydrogen-bond donors (Lipinski definition) is 0. The largest absolute Gasteiger partial charge is 0.457 e. The minimum Gasteiger partial charge on any atom is -0.457 e. The zero-order valence-electron chi connectivity index (χ0n) is 9.97. The third-order valence-corrected chi connectivity index (χ3v) is 3.53. The molecule has 0 aliphatic carbocycles. The number of ether oxygens (including phenoxy) is 1. The molecule has 0 aliphatic rings. The monoisotopic (exact) mass is 363 g/mol. The standard InChI is InChI=1S/C15H10INO2/c16-14-8-4-3-7-13(14)15(18)19-10-12-6-2-1-5-11(12)9-17/h1-8H,10H2. The third kappa shape index (κ3) is 3.32. The van der Waals surface area contributed by atoms with Crippen molar-refractivity contribution in [1.29, 1.82) is 5.26 Å². The Hall–Kier alpha value is -1.87. The van der Waals surface area contributed by atoms with E-state index in [-0.39, 0.29) is 12.6 Å². The molecule has 0 amide bonds. The Morgan fingerprint density at radius 2 is 1.84 bits per heavy atom. The molecule has 0 aromatic heterocycles. The summed E-state index contributed by atoms with van der Waals surface area (Å²) in [6.45, 7) is 0.105. The molecule has 0 bridgehead atoms. The van der Waals surface area contributed by atoms with Gasteiger partial charge in [-0.25, -0.2) is 4.79 Å². The van der Waals surface area contributed by atoms with Crippen LogP contribution in [0.1, 0.15) is 21.5 Å². The van der Waals surface area contributed by atoms with Gasteiger partial charge in [-0.05, 0) is 40.8 Å². The number of benzene rings is 2. The number of hydrogen-bond acceptors (Lipinski definition) is 3. The zero-order chi connectivity index (χ0) is 13.7. The maximum absolute atomic E-state index is 11.9. The quantitative estimate of drug-likeness (QED) is 0.619. The maximum Gasteiger partial charge on any atom is 0.339 e. The predicted molar refractivity (Wildman–Crippen MR) is 79.4 cm³/mol. The molecule has 0 aliphatic heterocycles. The summed E-state index contributed by atoms with van der Waals surface area (Å²) < 4.78 is 6.09. The molecule has 0 fully saturated rings. The van der Waals surface area contributed by atoms with Gasteiger partial charge in [0.15, 0.2) is 0 Å². The van der Waals surface area contributed by atoms with Crippen molar-refractivity contribution in [3.8, 4) is 6.07 Å². The normalized spacial score (nSPS) is 9.68. The lowest BCUT2D eigenvalue weighted by Gasteiger charge is -2.07. The van der Waals surface area contributed by atoms with Crippen molar-refractivity contribution < 1.29 is 9.53 Å². The summed E-state index contributed by atoms with van der Waals surface area (Å²) in [7, 11) is 0. The first kappa shape index (κ1) is 13.6. The molecule has 0 radical (unpaired) electrons. The molecule has 3 nitrogen and oxygen atoms in total. The van der Waals surface area contributed by atoms with Crippen LogP contribution in [0.4, 0.5) is 0 Å². The average molecular weight is 363 g/mol. The van der Waals surface area contributed by atoms with Gasteiger partial charge < -0.3 is 4.74 Å². The molecule has 2 rings (SSSR count). The number of nitriles is 1. The van der Waals surface area contributed by atoms with Crippen LogP contribution in [-0.4, -0.2) is 5.97 Å². The molecule has 0 saturated carbocycles. The van der Waals surface area contributed by atoms with Crippen molar-refractivity contribution in [2.75, 3.05) is 0 Å². The van der Waals surface area contributed by atoms with Gasteiger partial charge >= 0.3 is 5.97 Å². The van der Waals surface area contributed by atoms with Crippen LogP contribution >= 0.6 is 22.6 Å². The Kier molecular flexibility index (Phi) is 4.53. The fourth-order valence-electron chi connectivity index (χ4n) is 1.60. The van der Waals surface area contributed by atoms with Crippen LogP contribution in [0, 0.1) is 14.9 Å². The second kappa shape index (κ2) is 6.34. The van der Waals surface area contributed by atoms with Crippen LogP contribution in [0.15, 0.2) is 48.5 Å². The predicted octanol–water partition coefficient (Wildman–Crippen LogP) is 3.52. The smallest absolute Gasteiger partial charge is 0.339 e. The maximum atomic E-state index is 11.9. The summed E-state index contributed by atoms with van der Waals surface area (Å²) in [6.07, 6.45) is 0. The Morgan fingerprint density at radius 1 is 1.16 bits per heavy atom. The highest BCUT2D eigenvalue weighted by Gasteiger charge is 2.11. The van der Waals surface area contributed by atoms with Crippen molar-refractivity contribution in [3.63, 3.8) is 0 Å². The third-order valence-electron chi connectivity index (χ3n) is 2.59. The molecular weight excluding hydrogens is 353 g/mol. The number of carbonyl (C=O) groups excluding carboxylic acids is 1. The van der Waals surface area contributed by atoms with Crippen molar-refractivity contribution in [2.24, 2.45) is 0 Å². The lowest BCUT2D eigenvalue weighted by Crippen LogP contribution is -2.07. The highest BCUT2D eigenvalue weighted by molar-refractivity contribution is 14.1. The van der Waals surface area contributed by atoms with Crippen LogP contribution in [-0.2, 0) is 11.3 Å². The number of esters is 1. The number of halogens is 1. The first-order valence-electron chi connectivity index (χ1n) is 5.62. The molecule has 0 heterocycles. The highest BCUT2D eigenvalue weighted by atomic mass is 127. The first-order chi connectivity index (χ1) is 9.22. The minimum atomic E-state index is -0.377. The summed E-state index contributed by atoms with van der Waals surface area (Å²) in [4.78, 5) is 11.9. The van der Waals surface area contributed by atoms with E-state index in [9.17, 15) is 4.79 Å². The van der Waals surface area contributed by atoms with Crippen molar-refractivity contribution >= 4 is 28.6 Å². The summed E-state index contributed by atoms with van der Waals surface area (Å²) >= 11 is 2.09. The van der Waals surface area contributed by atoms with Gasteiger partial charge in [-0.15, -0.1) is 0 Å². The zero-order valence-corrected chi connectivity index (χ0v) is 12.1. The first-order valence-corrected chi connectivity index (χ1v) is 6.70. The van der Waals surface area contributed by atoms with Crippen LogP contribution in [0.5, 0.6) is 0 Å². The highest BCUT2D eigenvalue weighted by Crippen LogP contribution is 2.15. The van der Waals surface area contributed by atoms with E-state index in [1.165, 1.54) is 0 Å². The van der Waals surface area contributed by atoms with Gasteiger partial charge in [-0.1, -0.05) is 30.3 Å². The summed E-state index contributed by atoms with van der Waals surface area (Å²) in [5, 5.41) is 8.95. The fourth-order valence-corrected chi connectivity index (χ4v) is 2.21. The van der Waals surface area contributed by atoms with E-state index in [1.807, 2.05) is 18.2 Å². The Morgan fingerprint density at radius 3 is 2.58 bits per heavy atom. The molecule has 2 aromatic carbocycles. The van der Waals surface area contributed by atoms with Gasteiger partial charge in [0, 0.05) is 9.13 Å². The van der Waals surface area contributed by atoms with Crippen molar-refractivity contribution in [1.82, 2.24) is 0 Å². The van der Waals surface area contributed by atoms with Crippen LogP contribution in [0.2, 0.25) is 0 Å². The molecule has 0 saturated heterocycles. The van der Waals surface area contributed by atoms with Crippen LogP contribution in [0.25, 0.3) is 0 Å². The van der Waals surface area contributed by atoms with Gasteiger partial charge in [-0.2, -0.15) is 5.26 Å². The average Bonchev–Trinajstić information content (AvgIpc) is 2.45. The summed E-state index contributed by atoms with van der Waals surface area (Å²) in [5.41, 5.74) is 1.78. The molecule has 94 valence electrons. The number of rotatable bonds is 3. The van der Waals surface area contributed by atoms with E-state index in [0.29, 0.717) is 16.7 Å². The molecular formula is C15H10INO2. The van der Waals surface area contributed by atoms with Gasteiger partial charge in [-0.3, -0.25) is 0 Å². The number of nitrogens with zero attached hydrogens (tertiary/aromatic N) is 1. The Bertz CT molecular complexity index is 647. The molecule has 0 atom stereocenters. The van der Waals surface area contributed by atoms with E-state index in [4.69, 9.17) is 10.00 Å². The topological polar surface area (TPSA) is 50.1 Å². The summed E-state index contributed by atoms with van der Waals surface area (Å²) in [5.74, 6) is -0.377. The molecule has 19 heavy (non-hydrogen) atoms. The lowest BCUT2D eigenvalue weighted by molar-refractivity contribution is 0.0471. The Labute approximate surface area is 125 Å². The van der Waals surface area contributed by atoms with Gasteiger partial charge in [0.25, 0.3) is 0 Å². The van der Waals surface area contributed by atoms with Gasteiger partial charge in [0.2, 0.25) is 0 Å². The molecule has 2 aromatic rings. The second-order valence-electron chi connectivity index (χ2n) is 3.82. The molecule has 0 spiro atoms. The van der Waals surface area contributed by atoms with Crippen molar-refractivity contribution in [2.45, 2.75) is 6.61 Å². The van der Waals surface area contributed by atoms with Crippen molar-refractivity contribution in [3.05, 3.63) is 68.8 Å². The van der Waals surface area contributed by atoms with Crippen LogP contribution < -0.4 is 0 Å². The molecule has 0 N–H and O–H groups in total.